The highest BCUT2D eigenvalue weighted by atomic mass is 35.5. The molecule has 8 rings (SSSR count). The number of benzene rings is 2. The van der Waals surface area contributed by atoms with E-state index in [0.717, 1.165) is 48.2 Å². The smallest absolute Gasteiger partial charge is 0.412 e. The maximum Gasteiger partial charge on any atom is 0.412 e. The standard InChI is InChI=1S/C21H22ClN3O4.C18H17ClN2O3.C3H5NO/c1-3-23-20(27)28-18-17(19(26)29-21(18)8-4-5-9-21)16-10-15(7-6-13(16)2)25-12-14(22)11-24-25;1-11-4-5-13(21-10-12(19)9-20-21)8-14(11)15-16(22)18(24-17(15)23)6-2-3-7-18;1-2-4-3-5/h6-7,10-12H,3-5,8-9H2,1-2H3,(H,23,27);4-5,8-10,22H,2-3,6-7H2,1H3;2H2,1H3. The lowest BCUT2D eigenvalue weighted by molar-refractivity contribution is -0.147. The van der Waals surface area contributed by atoms with Crippen LogP contribution >= 0.6 is 23.2 Å². The van der Waals surface area contributed by atoms with Crippen LogP contribution in [0.4, 0.5) is 4.79 Å². The lowest BCUT2D eigenvalue weighted by atomic mass is 9.93. The van der Waals surface area contributed by atoms with Crippen LogP contribution in [0.5, 0.6) is 0 Å². The van der Waals surface area contributed by atoms with E-state index in [4.69, 9.17) is 42.2 Å². The number of ether oxygens (including phenoxy) is 3. The number of aliphatic imine (C=N–C) groups is 1. The Morgan fingerprint density at radius 3 is 1.78 bits per heavy atom. The summed E-state index contributed by atoms with van der Waals surface area (Å²) in [6.45, 7) is 8.37. The average Bonchev–Trinajstić information content (AvgIpc) is 4.06. The third-order valence-corrected chi connectivity index (χ3v) is 10.9. The van der Waals surface area contributed by atoms with Gasteiger partial charge in [0.15, 0.2) is 22.7 Å². The molecule has 0 saturated heterocycles. The number of nitrogens with one attached hydrogen (secondary N) is 1. The van der Waals surface area contributed by atoms with Gasteiger partial charge in [0.1, 0.15) is 11.1 Å². The van der Waals surface area contributed by atoms with Crippen molar-refractivity contribution in [1.82, 2.24) is 24.9 Å². The summed E-state index contributed by atoms with van der Waals surface area (Å²) < 4.78 is 20.3. The van der Waals surface area contributed by atoms with E-state index >= 15 is 0 Å². The zero-order chi connectivity index (χ0) is 41.6. The van der Waals surface area contributed by atoms with Crippen LogP contribution in [0.3, 0.4) is 0 Å². The molecule has 0 atom stereocenters. The summed E-state index contributed by atoms with van der Waals surface area (Å²) in [7, 11) is 0. The van der Waals surface area contributed by atoms with Crippen molar-refractivity contribution in [2.45, 2.75) is 90.3 Å². The van der Waals surface area contributed by atoms with Gasteiger partial charge in [-0.3, -0.25) is 0 Å². The van der Waals surface area contributed by atoms with Crippen LogP contribution in [0.2, 0.25) is 10.0 Å². The second kappa shape index (κ2) is 17.8. The zero-order valence-electron chi connectivity index (χ0n) is 32.6. The second-order valence-electron chi connectivity index (χ2n) is 14.3. The molecule has 2 aromatic carbocycles. The molecule has 4 heterocycles. The number of carbonyl (C=O) groups is 3. The first-order chi connectivity index (χ1) is 27.8. The first-order valence-corrected chi connectivity index (χ1v) is 19.9. The highest BCUT2D eigenvalue weighted by molar-refractivity contribution is 6.30. The molecule has 0 bridgehead atoms. The minimum Gasteiger partial charge on any atom is -0.507 e. The Morgan fingerprint density at radius 2 is 1.33 bits per heavy atom. The van der Waals surface area contributed by atoms with E-state index in [1.807, 2.05) is 50.2 Å². The first kappa shape index (κ1) is 41.9. The van der Waals surface area contributed by atoms with E-state index in [1.165, 1.54) is 6.08 Å². The normalized spacial score (nSPS) is 17.3. The van der Waals surface area contributed by atoms with Crippen LogP contribution < -0.4 is 5.32 Å². The van der Waals surface area contributed by atoms with Gasteiger partial charge in [0.2, 0.25) is 6.08 Å². The van der Waals surface area contributed by atoms with E-state index in [-0.39, 0.29) is 11.3 Å². The molecule has 304 valence electrons. The van der Waals surface area contributed by atoms with Crippen molar-refractivity contribution in [3.8, 4) is 11.4 Å². The van der Waals surface area contributed by atoms with E-state index in [1.54, 1.807) is 48.0 Å². The Kier molecular flexibility index (Phi) is 12.9. The SMILES string of the molecule is CCN=C=O.CCNC(=O)OC1=C(c2cc(-n3cc(Cl)cn3)ccc2C)C(=O)OC12CCCC2.Cc1ccc(-n2cc(Cl)cn2)cc1C1=C(O)C2(CCCC2)OC1=O. The fourth-order valence-corrected chi connectivity index (χ4v) is 7.91. The number of rotatable bonds is 7. The van der Waals surface area contributed by atoms with Gasteiger partial charge in [-0.05, 0) is 126 Å². The van der Waals surface area contributed by atoms with E-state index in [2.05, 4.69) is 20.5 Å². The van der Waals surface area contributed by atoms with Crippen molar-refractivity contribution >= 4 is 58.5 Å². The number of aromatic nitrogens is 4. The summed E-state index contributed by atoms with van der Waals surface area (Å²) in [5.41, 5.74) is 3.48. The molecular weight excluding hydrogens is 787 g/mol. The number of hydrogen-bond donors (Lipinski definition) is 2. The van der Waals surface area contributed by atoms with Crippen LogP contribution in [0.25, 0.3) is 22.5 Å². The number of amides is 1. The van der Waals surface area contributed by atoms with Gasteiger partial charge in [-0.25, -0.2) is 33.5 Å². The fourth-order valence-electron chi connectivity index (χ4n) is 7.64. The Hall–Kier alpha value is -5.69. The lowest BCUT2D eigenvalue weighted by Crippen LogP contribution is -2.33. The molecule has 2 saturated carbocycles. The molecule has 14 nitrogen and oxygen atoms in total. The quantitative estimate of drug-likeness (QED) is 0.0795. The molecule has 16 heteroatoms. The highest BCUT2D eigenvalue weighted by Crippen LogP contribution is 2.49. The van der Waals surface area contributed by atoms with Gasteiger partial charge in [0.25, 0.3) is 0 Å². The van der Waals surface area contributed by atoms with Crippen LogP contribution in [-0.4, -0.2) is 73.1 Å². The number of esters is 2. The first-order valence-electron chi connectivity index (χ1n) is 19.1. The number of hydrogen-bond acceptors (Lipinski definition) is 11. The molecule has 2 fully saturated rings. The van der Waals surface area contributed by atoms with Gasteiger partial charge in [-0.1, -0.05) is 35.3 Å². The third-order valence-electron chi connectivity index (χ3n) is 10.5. The van der Waals surface area contributed by atoms with Gasteiger partial charge >= 0.3 is 18.0 Å². The molecule has 2 aliphatic carbocycles. The number of alkyl carbamates (subject to hydrolysis) is 1. The topological polar surface area (TPSA) is 176 Å². The van der Waals surface area contributed by atoms with Crippen molar-refractivity contribution in [1.29, 1.82) is 0 Å². The highest BCUT2D eigenvalue weighted by Gasteiger charge is 2.53. The Labute approximate surface area is 345 Å². The van der Waals surface area contributed by atoms with Gasteiger partial charge in [-0.15, -0.1) is 0 Å². The largest absolute Gasteiger partial charge is 0.507 e. The maximum absolute atomic E-state index is 13.0. The van der Waals surface area contributed by atoms with Crippen LogP contribution in [0, 0.1) is 13.8 Å². The molecular formula is C42H44Cl2N6O8. The number of isocyanates is 1. The van der Waals surface area contributed by atoms with Crippen molar-refractivity contribution in [3.05, 3.63) is 105 Å². The molecule has 0 radical (unpaired) electrons. The number of aliphatic hydroxyl groups excluding tert-OH is 1. The third kappa shape index (κ3) is 8.59. The monoisotopic (exact) mass is 830 g/mol. The second-order valence-corrected chi connectivity index (χ2v) is 15.2. The number of aryl methyl sites for hydroxylation is 2. The van der Waals surface area contributed by atoms with Crippen LogP contribution in [0.15, 0.2) is 77.7 Å². The maximum atomic E-state index is 13.0. The average molecular weight is 832 g/mol. The number of nitrogens with zero attached hydrogens (tertiary/aromatic N) is 5. The predicted molar refractivity (Wildman–Crippen MR) is 216 cm³/mol. The molecule has 0 unspecified atom stereocenters. The number of halogens is 2. The fraction of sp³-hybridized carbons (Fsp3) is 0.381. The molecule has 2 spiro atoms. The van der Waals surface area contributed by atoms with Crippen molar-refractivity contribution in [2.24, 2.45) is 4.99 Å². The van der Waals surface area contributed by atoms with E-state index in [9.17, 15) is 19.5 Å². The summed E-state index contributed by atoms with van der Waals surface area (Å²) in [6, 6.07) is 11.2. The number of carbonyl (C=O) groups excluding carboxylic acids is 4. The Balaban J connectivity index is 0.000000178. The Morgan fingerprint density at radius 1 is 0.845 bits per heavy atom. The van der Waals surface area contributed by atoms with Gasteiger partial charge < -0.3 is 24.6 Å². The van der Waals surface area contributed by atoms with Crippen LogP contribution in [-0.2, 0) is 28.6 Å². The number of aliphatic hydroxyl groups is 1. The van der Waals surface area contributed by atoms with Gasteiger partial charge in [-0.2, -0.15) is 10.2 Å². The summed E-state index contributed by atoms with van der Waals surface area (Å²) in [4.78, 5) is 49.9. The molecule has 4 aromatic rings. The molecule has 1 amide bonds. The predicted octanol–water partition coefficient (Wildman–Crippen LogP) is 8.48. The minimum atomic E-state index is -0.866. The summed E-state index contributed by atoms with van der Waals surface area (Å²) in [6.07, 6.45) is 13.7. The van der Waals surface area contributed by atoms with Crippen LogP contribution in [0.1, 0.15) is 87.5 Å². The van der Waals surface area contributed by atoms with E-state index in [0.29, 0.717) is 71.3 Å². The van der Waals surface area contributed by atoms with Crippen molar-refractivity contribution < 1.29 is 38.5 Å². The van der Waals surface area contributed by atoms with Gasteiger partial charge in [0, 0.05) is 25.5 Å². The minimum absolute atomic E-state index is 0.0729. The van der Waals surface area contributed by atoms with Crippen molar-refractivity contribution in [2.75, 3.05) is 13.1 Å². The summed E-state index contributed by atoms with van der Waals surface area (Å²) in [5.74, 6) is -0.536. The van der Waals surface area contributed by atoms with Gasteiger partial charge in [0.05, 0.1) is 33.8 Å². The molecule has 4 aliphatic rings. The van der Waals surface area contributed by atoms with Crippen molar-refractivity contribution in [3.63, 3.8) is 0 Å². The van der Waals surface area contributed by atoms with E-state index < -0.39 is 29.2 Å². The molecule has 2 N–H and O–H groups in total. The molecule has 2 aliphatic heterocycles. The lowest BCUT2D eigenvalue weighted by Gasteiger charge is -2.24. The molecule has 58 heavy (non-hydrogen) atoms. The Bertz CT molecular complexity index is 2330. The zero-order valence-corrected chi connectivity index (χ0v) is 34.2. The summed E-state index contributed by atoms with van der Waals surface area (Å²) in [5, 5.41) is 22.8. The summed E-state index contributed by atoms with van der Waals surface area (Å²) >= 11 is 11.9. The molecule has 2 aromatic heterocycles.